The van der Waals surface area contributed by atoms with Gasteiger partial charge in [-0.15, -0.1) is 0 Å². The van der Waals surface area contributed by atoms with Crippen LogP contribution in [-0.2, 0) is 25.7 Å². The number of nitrogens with one attached hydrogen (secondary N) is 1. The summed E-state index contributed by atoms with van der Waals surface area (Å²) in [4.78, 5) is 18.3. The van der Waals surface area contributed by atoms with E-state index in [-0.39, 0.29) is 37.3 Å². The van der Waals surface area contributed by atoms with Gasteiger partial charge in [0.05, 0.1) is 5.69 Å². The van der Waals surface area contributed by atoms with Crippen molar-refractivity contribution in [3.05, 3.63) is 62.6 Å². The molecule has 0 amide bonds. The quantitative estimate of drug-likeness (QED) is 0.659. The Kier molecular flexibility index (Phi) is 4.31. The van der Waals surface area contributed by atoms with Crippen LogP contribution in [0, 0.1) is 17.5 Å². The third-order valence-corrected chi connectivity index (χ3v) is 3.94. The summed E-state index contributed by atoms with van der Waals surface area (Å²) in [5, 5.41) is 0. The summed E-state index contributed by atoms with van der Waals surface area (Å²) >= 11 is 0. The van der Waals surface area contributed by atoms with E-state index in [2.05, 4.69) is 4.98 Å². The largest absolute Gasteiger partial charge is 0.449 e. The van der Waals surface area contributed by atoms with E-state index in [1.165, 1.54) is 4.90 Å². The second-order valence-electron chi connectivity index (χ2n) is 5.62. The smallest absolute Gasteiger partial charge is 0.303 e. The predicted octanol–water partition coefficient (Wildman–Crippen LogP) is 2.76. The predicted molar refractivity (Wildman–Crippen MR) is 74.0 cm³/mol. The normalized spacial score (nSPS) is 15.3. The standard InChI is InChI=1S/C15H11F6N3O/c16-9-1-2-10(17)12(18)8(9)5-24-4-3-7-11(6-24)22-14(15(19,20)21)23-13(7)25/h1-2H,3-6H2,(H,22,23,25). The molecule has 1 aliphatic rings. The molecular formula is C15H11F6N3O. The molecule has 0 saturated carbocycles. The molecule has 3 rings (SSSR count). The first kappa shape index (κ1) is 17.5. The maximum absolute atomic E-state index is 13.7. The summed E-state index contributed by atoms with van der Waals surface area (Å²) < 4.78 is 78.9. The van der Waals surface area contributed by atoms with Crippen LogP contribution in [-0.4, -0.2) is 21.4 Å². The molecule has 4 nitrogen and oxygen atoms in total. The molecule has 0 aliphatic carbocycles. The molecule has 134 valence electrons. The van der Waals surface area contributed by atoms with Crippen molar-refractivity contribution < 1.29 is 26.3 Å². The molecule has 0 radical (unpaired) electrons. The van der Waals surface area contributed by atoms with Crippen LogP contribution in [0.1, 0.15) is 22.6 Å². The average Bonchev–Trinajstić information content (AvgIpc) is 2.54. The van der Waals surface area contributed by atoms with E-state index in [1.54, 1.807) is 4.98 Å². The van der Waals surface area contributed by atoms with Gasteiger partial charge in [-0.05, 0) is 18.6 Å². The van der Waals surface area contributed by atoms with Crippen molar-refractivity contribution in [1.82, 2.24) is 14.9 Å². The summed E-state index contributed by atoms with van der Waals surface area (Å²) in [5.41, 5.74) is -1.42. The van der Waals surface area contributed by atoms with Crippen LogP contribution in [0.3, 0.4) is 0 Å². The van der Waals surface area contributed by atoms with E-state index in [9.17, 15) is 31.1 Å². The number of rotatable bonds is 2. The van der Waals surface area contributed by atoms with Gasteiger partial charge in [0, 0.05) is 30.8 Å². The van der Waals surface area contributed by atoms with Gasteiger partial charge in [0.2, 0.25) is 5.82 Å². The lowest BCUT2D eigenvalue weighted by Gasteiger charge is -2.28. The number of alkyl halides is 3. The van der Waals surface area contributed by atoms with Crippen LogP contribution in [0.25, 0.3) is 0 Å². The minimum atomic E-state index is -4.82. The fourth-order valence-corrected chi connectivity index (χ4v) is 2.70. The highest BCUT2D eigenvalue weighted by Gasteiger charge is 2.36. The molecule has 25 heavy (non-hydrogen) atoms. The third-order valence-electron chi connectivity index (χ3n) is 3.94. The van der Waals surface area contributed by atoms with Gasteiger partial charge in [0.15, 0.2) is 11.6 Å². The first-order valence-electron chi connectivity index (χ1n) is 7.21. The van der Waals surface area contributed by atoms with Crippen LogP contribution in [0.4, 0.5) is 26.3 Å². The summed E-state index contributed by atoms with van der Waals surface area (Å²) in [6, 6.07) is 1.42. The number of aromatic amines is 1. The molecule has 0 unspecified atom stereocenters. The lowest BCUT2D eigenvalue weighted by atomic mass is 10.1. The fourth-order valence-electron chi connectivity index (χ4n) is 2.70. The molecule has 2 heterocycles. The van der Waals surface area contributed by atoms with Crippen molar-refractivity contribution in [3.8, 4) is 0 Å². The van der Waals surface area contributed by atoms with Gasteiger partial charge >= 0.3 is 6.18 Å². The van der Waals surface area contributed by atoms with E-state index in [1.807, 2.05) is 0 Å². The summed E-state index contributed by atoms with van der Waals surface area (Å²) in [7, 11) is 0. The molecule has 0 atom stereocenters. The Morgan fingerprint density at radius 1 is 1.16 bits per heavy atom. The Morgan fingerprint density at radius 2 is 1.84 bits per heavy atom. The summed E-state index contributed by atoms with van der Waals surface area (Å²) in [6.07, 6.45) is -4.76. The van der Waals surface area contributed by atoms with Gasteiger partial charge in [-0.25, -0.2) is 18.2 Å². The number of halogens is 6. The number of fused-ring (bicyclic) bond motifs is 1. The maximum Gasteiger partial charge on any atom is 0.449 e. The molecular weight excluding hydrogens is 352 g/mol. The zero-order valence-corrected chi connectivity index (χ0v) is 12.6. The Hall–Kier alpha value is -2.36. The highest BCUT2D eigenvalue weighted by Crippen LogP contribution is 2.27. The minimum Gasteiger partial charge on any atom is -0.303 e. The zero-order valence-electron chi connectivity index (χ0n) is 12.6. The van der Waals surface area contributed by atoms with Crippen molar-refractivity contribution in [2.75, 3.05) is 6.54 Å². The van der Waals surface area contributed by atoms with Crippen LogP contribution in [0.2, 0.25) is 0 Å². The first-order chi connectivity index (χ1) is 11.7. The Bertz CT molecular complexity index is 877. The monoisotopic (exact) mass is 363 g/mol. The fraction of sp³-hybridized carbons (Fsp3) is 0.333. The van der Waals surface area contributed by atoms with E-state index < -0.39 is 40.6 Å². The highest BCUT2D eigenvalue weighted by atomic mass is 19.4. The number of H-pyrrole nitrogens is 1. The highest BCUT2D eigenvalue weighted by molar-refractivity contribution is 5.24. The summed E-state index contributed by atoms with van der Waals surface area (Å²) in [6.45, 7) is -0.402. The molecule has 1 N–H and O–H groups in total. The van der Waals surface area contributed by atoms with Gasteiger partial charge in [0.25, 0.3) is 5.56 Å². The lowest BCUT2D eigenvalue weighted by molar-refractivity contribution is -0.145. The van der Waals surface area contributed by atoms with Gasteiger partial charge in [-0.2, -0.15) is 13.2 Å². The number of nitrogens with zero attached hydrogens (tertiary/aromatic N) is 2. The molecule has 10 heteroatoms. The molecule has 1 aromatic heterocycles. The number of benzene rings is 1. The summed E-state index contributed by atoms with van der Waals surface area (Å²) in [5.74, 6) is -4.95. The average molecular weight is 363 g/mol. The van der Waals surface area contributed by atoms with Gasteiger partial charge in [-0.1, -0.05) is 0 Å². The van der Waals surface area contributed by atoms with Gasteiger partial charge < -0.3 is 4.98 Å². The molecule has 0 saturated heterocycles. The van der Waals surface area contributed by atoms with E-state index in [4.69, 9.17) is 0 Å². The van der Waals surface area contributed by atoms with Crippen molar-refractivity contribution in [3.63, 3.8) is 0 Å². The van der Waals surface area contributed by atoms with E-state index in [0.29, 0.717) is 6.07 Å². The third kappa shape index (κ3) is 3.39. The minimum absolute atomic E-state index is 0.0638. The number of aromatic nitrogens is 2. The van der Waals surface area contributed by atoms with Crippen molar-refractivity contribution in [2.45, 2.75) is 25.7 Å². The Morgan fingerprint density at radius 3 is 2.52 bits per heavy atom. The first-order valence-corrected chi connectivity index (χ1v) is 7.21. The van der Waals surface area contributed by atoms with E-state index >= 15 is 0 Å². The van der Waals surface area contributed by atoms with Gasteiger partial charge in [0.1, 0.15) is 5.82 Å². The maximum atomic E-state index is 13.7. The lowest BCUT2D eigenvalue weighted by Crippen LogP contribution is -2.36. The molecule has 0 spiro atoms. The van der Waals surface area contributed by atoms with Crippen LogP contribution < -0.4 is 5.56 Å². The molecule has 0 bridgehead atoms. The van der Waals surface area contributed by atoms with Crippen molar-refractivity contribution in [2.24, 2.45) is 0 Å². The second kappa shape index (κ2) is 6.17. The van der Waals surface area contributed by atoms with E-state index in [0.717, 1.165) is 6.07 Å². The second-order valence-corrected chi connectivity index (χ2v) is 5.62. The molecule has 2 aromatic rings. The topological polar surface area (TPSA) is 49.0 Å². The SMILES string of the molecule is O=c1[nH]c(C(F)(F)F)nc2c1CCN(Cc1c(F)ccc(F)c1F)C2. The van der Waals surface area contributed by atoms with Crippen LogP contribution in [0.5, 0.6) is 0 Å². The molecule has 1 aliphatic heterocycles. The Balaban J connectivity index is 1.90. The van der Waals surface area contributed by atoms with Gasteiger partial charge in [-0.3, -0.25) is 9.69 Å². The van der Waals surface area contributed by atoms with Crippen LogP contribution in [0.15, 0.2) is 16.9 Å². The van der Waals surface area contributed by atoms with Crippen molar-refractivity contribution in [1.29, 1.82) is 0 Å². The Labute approximate surface area is 137 Å². The zero-order chi connectivity index (χ0) is 18.4. The van der Waals surface area contributed by atoms with Crippen molar-refractivity contribution >= 4 is 0 Å². The number of hydrogen-bond donors (Lipinski definition) is 1. The molecule has 1 aromatic carbocycles. The molecule has 0 fully saturated rings. The number of hydrogen-bond acceptors (Lipinski definition) is 3. The van der Waals surface area contributed by atoms with Crippen LogP contribution >= 0.6 is 0 Å².